The second kappa shape index (κ2) is 9.89. The molecule has 0 amide bonds. The Morgan fingerprint density at radius 2 is 1.45 bits per heavy atom. The molecule has 0 radical (unpaired) electrons. The van der Waals surface area contributed by atoms with Gasteiger partial charge in [0.15, 0.2) is 18.4 Å². The van der Waals surface area contributed by atoms with E-state index in [9.17, 15) is 9.59 Å². The lowest BCUT2D eigenvalue weighted by molar-refractivity contribution is -0.156. The van der Waals surface area contributed by atoms with Gasteiger partial charge < -0.3 is 18.9 Å². The lowest BCUT2D eigenvalue weighted by Crippen LogP contribution is -2.42. The number of aromatic nitrogens is 2. The third-order valence-electron chi connectivity index (χ3n) is 6.91. The Bertz CT molecular complexity index is 1380. The average molecular weight is 511 g/mol. The molecule has 8 nitrogen and oxygen atoms in total. The Balaban J connectivity index is 1.39. The number of fused-ring (bicyclic) bond motifs is 3. The van der Waals surface area contributed by atoms with Gasteiger partial charge in [0.1, 0.15) is 11.7 Å². The number of hydrogen-bond donors (Lipinski definition) is 0. The maximum atomic E-state index is 12.1. The molecule has 6 rings (SSSR count). The molecule has 192 valence electrons. The summed E-state index contributed by atoms with van der Waals surface area (Å²) in [4.78, 5) is 27.7. The van der Waals surface area contributed by atoms with E-state index in [4.69, 9.17) is 18.9 Å². The standard InChI is InChI=1S/C30H26N2O6/c1-20(33)36-26-24(37-28-27(26)38-29-31-25(34)17-18-32(28)29)19-35-30(21-11-5-2-6-12-21,22-13-7-3-8-14-22)23-15-9-4-10-16-23/h2-18,24,26-28H,19H2,1H3/t24-,26-,27+,28-/m1/s1. The monoisotopic (exact) mass is 510 g/mol. The van der Waals surface area contributed by atoms with E-state index in [1.54, 1.807) is 10.8 Å². The van der Waals surface area contributed by atoms with Gasteiger partial charge in [0.05, 0.1) is 6.61 Å². The number of carbonyl (C=O) groups is 1. The lowest BCUT2D eigenvalue weighted by atomic mass is 9.80. The average Bonchev–Trinajstić information content (AvgIpc) is 3.46. The van der Waals surface area contributed by atoms with Crippen LogP contribution in [-0.4, -0.2) is 40.4 Å². The fourth-order valence-electron chi connectivity index (χ4n) is 5.30. The van der Waals surface area contributed by atoms with Crippen molar-refractivity contribution in [2.24, 2.45) is 0 Å². The van der Waals surface area contributed by atoms with Crippen LogP contribution in [0.3, 0.4) is 0 Å². The zero-order chi connectivity index (χ0) is 26.1. The van der Waals surface area contributed by atoms with Crippen LogP contribution in [0.5, 0.6) is 6.01 Å². The fraction of sp³-hybridized carbons (Fsp3) is 0.233. The normalized spacial score (nSPS) is 21.8. The lowest BCUT2D eigenvalue weighted by Gasteiger charge is -2.37. The predicted molar refractivity (Wildman–Crippen MR) is 138 cm³/mol. The Morgan fingerprint density at radius 1 is 0.895 bits per heavy atom. The summed E-state index contributed by atoms with van der Waals surface area (Å²) in [6.07, 6.45) is -1.12. The number of esters is 1. The third kappa shape index (κ3) is 4.17. The van der Waals surface area contributed by atoms with Gasteiger partial charge in [0, 0.05) is 19.2 Å². The van der Waals surface area contributed by atoms with Gasteiger partial charge in [-0.3, -0.25) is 14.2 Å². The van der Waals surface area contributed by atoms with Crippen molar-refractivity contribution in [3.8, 4) is 6.01 Å². The van der Waals surface area contributed by atoms with E-state index < -0.39 is 41.7 Å². The van der Waals surface area contributed by atoms with E-state index in [-0.39, 0.29) is 12.6 Å². The van der Waals surface area contributed by atoms with E-state index in [0.29, 0.717) is 0 Å². The van der Waals surface area contributed by atoms with E-state index in [1.165, 1.54) is 13.0 Å². The molecule has 1 fully saturated rings. The van der Waals surface area contributed by atoms with Crippen molar-refractivity contribution in [3.63, 3.8) is 0 Å². The summed E-state index contributed by atoms with van der Waals surface area (Å²) in [5.74, 6) is -0.466. The molecule has 38 heavy (non-hydrogen) atoms. The molecular weight excluding hydrogens is 484 g/mol. The maximum Gasteiger partial charge on any atom is 0.303 e. The van der Waals surface area contributed by atoms with E-state index in [2.05, 4.69) is 4.98 Å². The van der Waals surface area contributed by atoms with Gasteiger partial charge in [-0.1, -0.05) is 91.0 Å². The van der Waals surface area contributed by atoms with Gasteiger partial charge in [-0.05, 0) is 16.7 Å². The van der Waals surface area contributed by atoms with Crippen LogP contribution in [0.1, 0.15) is 29.8 Å². The second-order valence-electron chi connectivity index (χ2n) is 9.27. The van der Waals surface area contributed by atoms with Crippen molar-refractivity contribution >= 4 is 5.97 Å². The Morgan fingerprint density at radius 3 is 1.97 bits per heavy atom. The summed E-state index contributed by atoms with van der Waals surface area (Å²) >= 11 is 0. The van der Waals surface area contributed by atoms with Crippen molar-refractivity contribution in [3.05, 3.63) is 130 Å². The summed E-state index contributed by atoms with van der Waals surface area (Å²) in [6.45, 7) is 1.44. The number of ether oxygens (including phenoxy) is 4. The minimum absolute atomic E-state index is 0.0932. The first-order chi connectivity index (χ1) is 18.6. The third-order valence-corrected chi connectivity index (χ3v) is 6.91. The molecule has 4 atom stereocenters. The molecule has 0 bridgehead atoms. The first kappa shape index (κ1) is 24.1. The minimum atomic E-state index is -0.962. The summed E-state index contributed by atoms with van der Waals surface area (Å²) in [7, 11) is 0. The molecule has 3 heterocycles. The van der Waals surface area contributed by atoms with Gasteiger partial charge in [0.2, 0.25) is 0 Å². The highest BCUT2D eigenvalue weighted by molar-refractivity contribution is 5.66. The van der Waals surface area contributed by atoms with Gasteiger partial charge in [0.25, 0.3) is 5.56 Å². The van der Waals surface area contributed by atoms with Gasteiger partial charge in [-0.15, -0.1) is 0 Å². The molecule has 4 aromatic rings. The largest absolute Gasteiger partial charge is 0.456 e. The first-order valence-electron chi connectivity index (χ1n) is 12.5. The van der Waals surface area contributed by atoms with Crippen molar-refractivity contribution in [2.75, 3.05) is 6.61 Å². The van der Waals surface area contributed by atoms with Crippen LogP contribution in [0.25, 0.3) is 0 Å². The molecule has 0 saturated carbocycles. The molecule has 1 aromatic heterocycles. The molecule has 8 heteroatoms. The molecule has 2 aliphatic rings. The summed E-state index contributed by atoms with van der Waals surface area (Å²) < 4.78 is 26.5. The molecule has 2 aliphatic heterocycles. The zero-order valence-corrected chi connectivity index (χ0v) is 20.7. The molecule has 0 N–H and O–H groups in total. The molecule has 0 unspecified atom stereocenters. The molecule has 0 aliphatic carbocycles. The quantitative estimate of drug-likeness (QED) is 0.276. The number of hydrogen-bond acceptors (Lipinski definition) is 7. The number of benzene rings is 3. The molecule has 0 spiro atoms. The van der Waals surface area contributed by atoms with Gasteiger partial charge in [-0.2, -0.15) is 4.98 Å². The smallest absolute Gasteiger partial charge is 0.303 e. The summed E-state index contributed by atoms with van der Waals surface area (Å²) in [5, 5.41) is 0. The highest BCUT2D eigenvalue weighted by atomic mass is 16.7. The molecule has 3 aromatic carbocycles. The van der Waals surface area contributed by atoms with Gasteiger partial charge in [-0.25, -0.2) is 0 Å². The van der Waals surface area contributed by atoms with Crippen molar-refractivity contribution in [1.29, 1.82) is 0 Å². The molecule has 1 saturated heterocycles. The molecular formula is C30H26N2O6. The highest BCUT2D eigenvalue weighted by Crippen LogP contribution is 2.44. The van der Waals surface area contributed by atoms with Crippen LogP contribution in [0.2, 0.25) is 0 Å². The van der Waals surface area contributed by atoms with Crippen LogP contribution in [0.15, 0.2) is 108 Å². The van der Waals surface area contributed by atoms with Crippen molar-refractivity contribution in [2.45, 2.75) is 37.1 Å². The second-order valence-corrected chi connectivity index (χ2v) is 9.27. The van der Waals surface area contributed by atoms with Crippen LogP contribution >= 0.6 is 0 Å². The first-order valence-corrected chi connectivity index (χ1v) is 12.5. The van der Waals surface area contributed by atoms with E-state index >= 15 is 0 Å². The maximum absolute atomic E-state index is 12.1. The number of nitrogens with zero attached hydrogens (tertiary/aromatic N) is 2. The summed E-state index contributed by atoms with van der Waals surface area (Å²) in [6, 6.07) is 31.5. The van der Waals surface area contributed by atoms with E-state index in [1.807, 2.05) is 91.0 Å². The van der Waals surface area contributed by atoms with Crippen LogP contribution < -0.4 is 10.3 Å². The van der Waals surface area contributed by atoms with Crippen LogP contribution in [-0.2, 0) is 24.6 Å². The highest BCUT2D eigenvalue weighted by Gasteiger charge is 2.54. The SMILES string of the molecule is CC(=O)O[C@H]1[C@@H]2Oc3nc(=O)ccn3[C@@H]2O[C@@H]1COC(c1ccccc1)(c1ccccc1)c1ccccc1. The Labute approximate surface area is 219 Å². The predicted octanol–water partition coefficient (Wildman–Crippen LogP) is 3.84. The number of rotatable bonds is 7. The Hall–Kier alpha value is -4.27. The minimum Gasteiger partial charge on any atom is -0.456 e. The van der Waals surface area contributed by atoms with Crippen molar-refractivity contribution in [1.82, 2.24) is 9.55 Å². The van der Waals surface area contributed by atoms with Crippen molar-refractivity contribution < 1.29 is 23.7 Å². The van der Waals surface area contributed by atoms with Crippen LogP contribution in [0, 0.1) is 0 Å². The van der Waals surface area contributed by atoms with Gasteiger partial charge >= 0.3 is 12.0 Å². The zero-order valence-electron chi connectivity index (χ0n) is 20.7. The fourth-order valence-corrected chi connectivity index (χ4v) is 5.30. The van der Waals surface area contributed by atoms with E-state index in [0.717, 1.165) is 16.7 Å². The number of carbonyl (C=O) groups excluding carboxylic acids is 1. The summed E-state index contributed by atoms with van der Waals surface area (Å²) in [5.41, 5.74) is 1.46. The Kier molecular flexibility index (Phi) is 6.27. The van der Waals surface area contributed by atoms with Crippen LogP contribution in [0.4, 0.5) is 0 Å². The topological polar surface area (TPSA) is 88.9 Å².